The standard InChI is InChI=1S/C24H39NO6S/c1-17(12-20-7-5-6-19(31-20)9-11-30-16-29-4)13-22(26)25-21-14-18-8-10-24(21,23(18,2)3)15-32(25,27)28/h5-6,17-21H,7-16H2,1-4H3/t17-,18+,19+,20+,21+,24+/m1/s1. The quantitative estimate of drug-likeness (QED) is 0.292. The third-order valence-corrected chi connectivity index (χ3v) is 10.6. The summed E-state index contributed by atoms with van der Waals surface area (Å²) in [6, 6.07) is -0.147. The first kappa shape index (κ1) is 24.2. The maximum absolute atomic E-state index is 13.3. The van der Waals surface area contributed by atoms with Crippen LogP contribution in [0.2, 0.25) is 0 Å². The van der Waals surface area contributed by atoms with Gasteiger partial charge in [0, 0.05) is 25.4 Å². The van der Waals surface area contributed by atoms with Gasteiger partial charge in [-0.3, -0.25) is 4.79 Å². The van der Waals surface area contributed by atoms with Crippen molar-refractivity contribution in [3.05, 3.63) is 12.2 Å². The van der Waals surface area contributed by atoms with Crippen molar-refractivity contribution in [3.63, 3.8) is 0 Å². The lowest BCUT2D eigenvalue weighted by atomic mass is 9.69. The number of carbonyl (C=O) groups is 1. The molecule has 1 spiro atoms. The van der Waals surface area contributed by atoms with Gasteiger partial charge in [0.25, 0.3) is 0 Å². The molecule has 8 heteroatoms. The van der Waals surface area contributed by atoms with Crippen LogP contribution in [0.1, 0.15) is 65.7 Å². The summed E-state index contributed by atoms with van der Waals surface area (Å²) in [7, 11) is -1.95. The molecule has 4 rings (SSSR count). The Morgan fingerprint density at radius 1 is 1.34 bits per heavy atom. The molecule has 182 valence electrons. The third-order valence-electron chi connectivity index (χ3n) is 8.71. The van der Waals surface area contributed by atoms with Crippen molar-refractivity contribution >= 4 is 15.9 Å². The van der Waals surface area contributed by atoms with E-state index in [2.05, 4.69) is 26.0 Å². The molecular formula is C24H39NO6S. The second-order valence-electron chi connectivity index (χ2n) is 10.9. The van der Waals surface area contributed by atoms with Gasteiger partial charge in [0.1, 0.15) is 6.79 Å². The highest BCUT2D eigenvalue weighted by Crippen LogP contribution is 2.70. The number of carbonyl (C=O) groups excluding carboxylic acids is 1. The van der Waals surface area contributed by atoms with E-state index in [1.165, 1.54) is 4.31 Å². The van der Waals surface area contributed by atoms with Crippen LogP contribution >= 0.6 is 0 Å². The van der Waals surface area contributed by atoms with Gasteiger partial charge in [-0.2, -0.15) is 0 Å². The molecule has 0 radical (unpaired) electrons. The first-order valence-electron chi connectivity index (χ1n) is 12.0. The largest absolute Gasteiger partial charge is 0.371 e. The first-order valence-corrected chi connectivity index (χ1v) is 13.7. The lowest BCUT2D eigenvalue weighted by Crippen LogP contribution is -2.44. The molecule has 32 heavy (non-hydrogen) atoms. The number of rotatable bonds is 9. The monoisotopic (exact) mass is 469 g/mol. The summed E-state index contributed by atoms with van der Waals surface area (Å²) in [6.45, 7) is 7.29. The molecule has 1 amide bonds. The van der Waals surface area contributed by atoms with E-state index in [4.69, 9.17) is 14.2 Å². The number of ether oxygens (including phenoxy) is 3. The lowest BCUT2D eigenvalue weighted by molar-refractivity contribution is -0.130. The van der Waals surface area contributed by atoms with E-state index in [9.17, 15) is 13.2 Å². The number of sulfonamides is 1. The lowest BCUT2D eigenvalue weighted by Gasteiger charge is -2.37. The van der Waals surface area contributed by atoms with E-state index in [-0.39, 0.29) is 59.9 Å². The predicted octanol–water partition coefficient (Wildman–Crippen LogP) is 3.49. The summed E-state index contributed by atoms with van der Waals surface area (Å²) in [5.41, 5.74) is -0.277. The van der Waals surface area contributed by atoms with Crippen molar-refractivity contribution in [2.24, 2.45) is 22.7 Å². The van der Waals surface area contributed by atoms with E-state index in [0.717, 1.165) is 38.5 Å². The molecule has 1 saturated heterocycles. The molecule has 0 N–H and O–H groups in total. The Balaban J connectivity index is 1.33. The average Bonchev–Trinajstić information content (AvgIpc) is 3.19. The van der Waals surface area contributed by atoms with Crippen LogP contribution < -0.4 is 0 Å². The molecule has 2 aliphatic heterocycles. The number of amides is 1. The van der Waals surface area contributed by atoms with Gasteiger partial charge in [-0.1, -0.05) is 32.9 Å². The Morgan fingerprint density at radius 2 is 2.12 bits per heavy atom. The van der Waals surface area contributed by atoms with E-state index in [1.54, 1.807) is 7.11 Å². The summed E-state index contributed by atoms with van der Waals surface area (Å²) < 4.78 is 43.9. The fourth-order valence-electron chi connectivity index (χ4n) is 6.93. The molecular weight excluding hydrogens is 430 g/mol. The Hall–Kier alpha value is -0.960. The molecule has 2 heterocycles. The van der Waals surface area contributed by atoms with Gasteiger partial charge in [0.15, 0.2) is 0 Å². The zero-order valence-electron chi connectivity index (χ0n) is 19.9. The van der Waals surface area contributed by atoms with Crippen molar-refractivity contribution in [1.29, 1.82) is 0 Å². The maximum Gasteiger partial charge on any atom is 0.238 e. The van der Waals surface area contributed by atoms with Gasteiger partial charge in [-0.05, 0) is 49.4 Å². The van der Waals surface area contributed by atoms with E-state index in [1.807, 2.05) is 6.92 Å². The Morgan fingerprint density at radius 3 is 2.84 bits per heavy atom. The molecule has 2 bridgehead atoms. The van der Waals surface area contributed by atoms with Crippen molar-refractivity contribution in [1.82, 2.24) is 4.31 Å². The minimum Gasteiger partial charge on any atom is -0.371 e. The molecule has 7 nitrogen and oxygen atoms in total. The molecule has 0 aromatic rings. The van der Waals surface area contributed by atoms with Gasteiger partial charge in [-0.15, -0.1) is 0 Å². The molecule has 0 aromatic heterocycles. The zero-order chi connectivity index (χ0) is 23.1. The summed E-state index contributed by atoms with van der Waals surface area (Å²) >= 11 is 0. The number of fused-ring (bicyclic) bond motifs is 1. The van der Waals surface area contributed by atoms with Crippen LogP contribution in [0.5, 0.6) is 0 Å². The van der Waals surface area contributed by atoms with Crippen LogP contribution in [-0.4, -0.2) is 63.1 Å². The third kappa shape index (κ3) is 4.17. The van der Waals surface area contributed by atoms with Crippen molar-refractivity contribution < 1.29 is 27.4 Å². The highest BCUT2D eigenvalue weighted by molar-refractivity contribution is 7.90. The molecule has 3 fully saturated rings. The van der Waals surface area contributed by atoms with E-state index < -0.39 is 10.0 Å². The highest BCUT2D eigenvalue weighted by atomic mass is 32.2. The molecule has 0 unspecified atom stereocenters. The second kappa shape index (κ2) is 9.01. The van der Waals surface area contributed by atoms with E-state index in [0.29, 0.717) is 12.5 Å². The Labute approximate surface area is 192 Å². The van der Waals surface area contributed by atoms with Crippen LogP contribution in [0.15, 0.2) is 12.2 Å². The number of methoxy groups -OCH3 is 1. The number of nitrogens with zero attached hydrogens (tertiary/aromatic N) is 1. The Bertz CT molecular complexity index is 839. The van der Waals surface area contributed by atoms with Crippen LogP contribution in [0.3, 0.4) is 0 Å². The average molecular weight is 470 g/mol. The normalized spacial score (nSPS) is 37.6. The fourth-order valence-corrected chi connectivity index (χ4v) is 9.48. The van der Waals surface area contributed by atoms with Crippen LogP contribution in [0.25, 0.3) is 0 Å². The number of hydrogen-bond donors (Lipinski definition) is 0. The van der Waals surface area contributed by atoms with Crippen molar-refractivity contribution in [2.75, 3.05) is 26.3 Å². The van der Waals surface area contributed by atoms with Gasteiger partial charge in [0.05, 0.1) is 30.6 Å². The summed E-state index contributed by atoms with van der Waals surface area (Å²) in [5, 5.41) is 0. The summed E-state index contributed by atoms with van der Waals surface area (Å²) in [5.74, 6) is 0.488. The zero-order valence-corrected chi connectivity index (χ0v) is 20.7. The molecule has 2 saturated carbocycles. The maximum atomic E-state index is 13.3. The molecule has 0 aromatic carbocycles. The van der Waals surface area contributed by atoms with Crippen molar-refractivity contribution in [3.8, 4) is 0 Å². The van der Waals surface area contributed by atoms with Gasteiger partial charge >= 0.3 is 0 Å². The summed E-state index contributed by atoms with van der Waals surface area (Å²) in [6.07, 6.45) is 9.65. The highest BCUT2D eigenvalue weighted by Gasteiger charge is 2.72. The predicted molar refractivity (Wildman–Crippen MR) is 121 cm³/mol. The Kier molecular flexibility index (Phi) is 6.80. The van der Waals surface area contributed by atoms with Gasteiger partial charge < -0.3 is 14.2 Å². The minimum absolute atomic E-state index is 0.00333. The SMILES string of the molecule is COCOCC[C@@H]1C=CC[C@@H](C[C@@H](C)CC(=O)N2[C@H]3C[C@@H]4CC[C@@]3(CS2(=O)=O)C4(C)C)O1. The summed E-state index contributed by atoms with van der Waals surface area (Å²) in [4.78, 5) is 13.3. The van der Waals surface area contributed by atoms with E-state index >= 15 is 0 Å². The van der Waals surface area contributed by atoms with Crippen LogP contribution in [0, 0.1) is 22.7 Å². The van der Waals surface area contributed by atoms with Crippen LogP contribution in [-0.2, 0) is 29.0 Å². The second-order valence-corrected chi connectivity index (χ2v) is 12.8. The molecule has 4 aliphatic rings. The smallest absolute Gasteiger partial charge is 0.238 e. The van der Waals surface area contributed by atoms with Gasteiger partial charge in [0.2, 0.25) is 15.9 Å². The van der Waals surface area contributed by atoms with Crippen LogP contribution in [0.4, 0.5) is 0 Å². The van der Waals surface area contributed by atoms with Gasteiger partial charge in [-0.25, -0.2) is 12.7 Å². The minimum atomic E-state index is -3.55. The molecule has 2 aliphatic carbocycles. The molecule has 6 atom stereocenters. The topological polar surface area (TPSA) is 82.1 Å². The first-order chi connectivity index (χ1) is 15.1. The number of hydrogen-bond acceptors (Lipinski definition) is 6. The fraction of sp³-hybridized carbons (Fsp3) is 0.875. The van der Waals surface area contributed by atoms with Crippen molar-refractivity contribution in [2.45, 2.75) is 84.0 Å².